The summed E-state index contributed by atoms with van der Waals surface area (Å²) in [6, 6.07) is 0. The van der Waals surface area contributed by atoms with Crippen molar-refractivity contribution in [3.8, 4) is 0 Å². The Hall–Kier alpha value is -1.25. The van der Waals surface area contributed by atoms with Gasteiger partial charge in [-0.05, 0) is 52.6 Å². The minimum Gasteiger partial charge on any atom is -0.462 e. The van der Waals surface area contributed by atoms with Crippen LogP contribution in [0.1, 0.15) is 194 Å². The Morgan fingerprint density at radius 3 is 1.47 bits per heavy atom. The summed E-state index contributed by atoms with van der Waals surface area (Å²) >= 11 is 0. The van der Waals surface area contributed by atoms with Crippen molar-refractivity contribution in [3.63, 3.8) is 0 Å². The van der Waals surface area contributed by atoms with Gasteiger partial charge in [-0.2, -0.15) is 0 Å². The van der Waals surface area contributed by atoms with Gasteiger partial charge in [-0.25, -0.2) is 4.57 Å². The molecular formula is C41H80NO8P. The van der Waals surface area contributed by atoms with E-state index in [-0.39, 0.29) is 32.0 Å². The molecule has 10 heteroatoms. The van der Waals surface area contributed by atoms with E-state index in [0.29, 0.717) is 13.0 Å². The lowest BCUT2D eigenvalue weighted by atomic mass is 10.0. The van der Waals surface area contributed by atoms with Gasteiger partial charge in [-0.1, -0.05) is 154 Å². The lowest BCUT2D eigenvalue weighted by Gasteiger charge is -2.20. The van der Waals surface area contributed by atoms with Gasteiger partial charge in [0, 0.05) is 19.4 Å². The molecular weight excluding hydrogens is 665 g/mol. The van der Waals surface area contributed by atoms with Crippen LogP contribution in [-0.2, 0) is 32.7 Å². The zero-order valence-electron chi connectivity index (χ0n) is 33.6. The molecule has 0 spiro atoms. The van der Waals surface area contributed by atoms with Gasteiger partial charge in [0.15, 0.2) is 6.10 Å². The highest BCUT2D eigenvalue weighted by atomic mass is 31.2. The number of allylic oxidation sites excluding steroid dienone is 2. The van der Waals surface area contributed by atoms with Crippen LogP contribution in [-0.4, -0.2) is 68.3 Å². The standard InChI is InChI=1S/C41H80NO8P/c1-5-7-9-11-13-15-17-19-20-22-24-26-28-30-32-34-41(44)50-39(38-49-51(45,46)48-36-35-42(3)4)37-47-40(43)33-31-29-27-25-23-21-18-16-14-12-10-8-6-2/h16,18,39H,5-15,17,19-38H2,1-4H3,(H,45,46)/b18-16-. The van der Waals surface area contributed by atoms with Gasteiger partial charge in [0.05, 0.1) is 13.2 Å². The molecule has 0 saturated carbocycles. The van der Waals surface area contributed by atoms with Crippen molar-refractivity contribution >= 4 is 19.8 Å². The second-order valence-corrected chi connectivity index (χ2v) is 16.0. The van der Waals surface area contributed by atoms with Gasteiger partial charge in [-0.15, -0.1) is 0 Å². The van der Waals surface area contributed by atoms with Gasteiger partial charge in [0.1, 0.15) is 6.61 Å². The average molecular weight is 746 g/mol. The maximum atomic E-state index is 12.6. The smallest absolute Gasteiger partial charge is 0.462 e. The molecule has 0 aromatic rings. The Kier molecular flexibility index (Phi) is 36.2. The van der Waals surface area contributed by atoms with Crippen LogP contribution in [0.5, 0.6) is 0 Å². The van der Waals surface area contributed by atoms with Gasteiger partial charge < -0.3 is 19.3 Å². The first kappa shape index (κ1) is 49.8. The molecule has 0 aliphatic rings. The zero-order valence-corrected chi connectivity index (χ0v) is 34.5. The van der Waals surface area contributed by atoms with Crippen LogP contribution in [0.3, 0.4) is 0 Å². The number of hydrogen-bond acceptors (Lipinski definition) is 8. The number of carbonyl (C=O) groups excluding carboxylic acids is 2. The van der Waals surface area contributed by atoms with Crippen molar-refractivity contribution in [3.05, 3.63) is 12.2 Å². The third-order valence-corrected chi connectivity index (χ3v) is 10.1. The maximum absolute atomic E-state index is 12.6. The largest absolute Gasteiger partial charge is 0.472 e. The molecule has 0 heterocycles. The molecule has 2 atom stereocenters. The van der Waals surface area contributed by atoms with E-state index in [0.717, 1.165) is 51.4 Å². The Labute approximate surface area is 314 Å². The first-order chi connectivity index (χ1) is 24.7. The number of phosphoric acid groups is 1. The molecule has 0 saturated heterocycles. The number of carbonyl (C=O) groups is 2. The molecule has 0 aromatic carbocycles. The highest BCUT2D eigenvalue weighted by Gasteiger charge is 2.26. The van der Waals surface area contributed by atoms with Crippen LogP contribution in [0.25, 0.3) is 0 Å². The van der Waals surface area contributed by atoms with Gasteiger partial charge >= 0.3 is 19.8 Å². The third kappa shape index (κ3) is 38.3. The van der Waals surface area contributed by atoms with Gasteiger partial charge in [0.2, 0.25) is 0 Å². The zero-order chi connectivity index (χ0) is 37.7. The lowest BCUT2D eigenvalue weighted by Crippen LogP contribution is -2.29. The first-order valence-corrected chi connectivity index (χ1v) is 22.5. The van der Waals surface area contributed by atoms with E-state index in [1.807, 2.05) is 19.0 Å². The van der Waals surface area contributed by atoms with E-state index >= 15 is 0 Å². The van der Waals surface area contributed by atoms with Crippen LogP contribution in [0.4, 0.5) is 0 Å². The Morgan fingerprint density at radius 2 is 1.00 bits per heavy atom. The van der Waals surface area contributed by atoms with Crippen molar-refractivity contribution in [1.29, 1.82) is 0 Å². The second kappa shape index (κ2) is 37.1. The predicted octanol–water partition coefficient (Wildman–Crippen LogP) is 11.7. The van der Waals surface area contributed by atoms with E-state index < -0.39 is 26.5 Å². The number of ether oxygens (including phenoxy) is 2. The molecule has 51 heavy (non-hydrogen) atoms. The maximum Gasteiger partial charge on any atom is 0.472 e. The van der Waals surface area contributed by atoms with Crippen molar-refractivity contribution in [2.75, 3.05) is 40.5 Å². The van der Waals surface area contributed by atoms with Crippen LogP contribution in [0.2, 0.25) is 0 Å². The van der Waals surface area contributed by atoms with Crippen molar-refractivity contribution in [2.45, 2.75) is 200 Å². The molecule has 0 aliphatic heterocycles. The molecule has 0 radical (unpaired) electrons. The monoisotopic (exact) mass is 746 g/mol. The summed E-state index contributed by atoms with van der Waals surface area (Å²) in [5, 5.41) is 0. The van der Waals surface area contributed by atoms with Crippen LogP contribution >= 0.6 is 7.82 Å². The summed E-state index contributed by atoms with van der Waals surface area (Å²) in [5.74, 6) is -0.805. The number of likely N-dealkylation sites (N-methyl/N-ethyl adjacent to an activating group) is 1. The average Bonchev–Trinajstić information content (AvgIpc) is 3.09. The molecule has 9 nitrogen and oxygen atoms in total. The minimum absolute atomic E-state index is 0.00916. The molecule has 0 rings (SSSR count). The van der Waals surface area contributed by atoms with Gasteiger partial charge in [-0.3, -0.25) is 18.6 Å². The van der Waals surface area contributed by atoms with E-state index in [1.165, 1.54) is 109 Å². The lowest BCUT2D eigenvalue weighted by molar-refractivity contribution is -0.161. The summed E-state index contributed by atoms with van der Waals surface area (Å²) in [6.07, 6.45) is 35.3. The Morgan fingerprint density at radius 1 is 0.588 bits per heavy atom. The fraction of sp³-hybridized carbons (Fsp3) is 0.902. The predicted molar refractivity (Wildman–Crippen MR) is 211 cm³/mol. The molecule has 2 unspecified atom stereocenters. The molecule has 1 N–H and O–H groups in total. The minimum atomic E-state index is -4.35. The normalized spacial score (nSPS) is 13.5. The summed E-state index contributed by atoms with van der Waals surface area (Å²) in [7, 11) is -0.705. The molecule has 0 aromatic heterocycles. The Balaban J connectivity index is 4.30. The summed E-state index contributed by atoms with van der Waals surface area (Å²) in [5.41, 5.74) is 0. The van der Waals surface area contributed by atoms with Crippen molar-refractivity contribution < 1.29 is 37.6 Å². The number of phosphoric ester groups is 1. The fourth-order valence-corrected chi connectivity index (χ4v) is 6.54. The van der Waals surface area contributed by atoms with Gasteiger partial charge in [0.25, 0.3) is 0 Å². The summed E-state index contributed by atoms with van der Waals surface area (Å²) in [6.45, 7) is 4.31. The van der Waals surface area contributed by atoms with Crippen LogP contribution in [0, 0.1) is 0 Å². The number of hydrogen-bond donors (Lipinski definition) is 1. The number of unbranched alkanes of at least 4 members (excludes halogenated alkanes) is 23. The quantitative estimate of drug-likeness (QED) is 0.0284. The Bertz CT molecular complexity index is 869. The SMILES string of the molecule is CCCCCC/C=C\CCCCCCCC(=O)OCC(COP(=O)(O)OCCN(C)C)OC(=O)CCCCCCCCCCCCCCCCC. The number of rotatable bonds is 39. The number of nitrogens with zero attached hydrogens (tertiary/aromatic N) is 1. The molecule has 0 fully saturated rings. The second-order valence-electron chi connectivity index (χ2n) is 14.5. The van der Waals surface area contributed by atoms with Crippen LogP contribution in [0.15, 0.2) is 12.2 Å². The number of esters is 2. The highest BCUT2D eigenvalue weighted by Crippen LogP contribution is 2.43. The highest BCUT2D eigenvalue weighted by molar-refractivity contribution is 7.47. The van der Waals surface area contributed by atoms with E-state index in [1.54, 1.807) is 0 Å². The molecule has 0 aliphatic carbocycles. The molecule has 302 valence electrons. The fourth-order valence-electron chi connectivity index (χ4n) is 5.80. The molecule has 0 bridgehead atoms. The molecule has 0 amide bonds. The van der Waals surface area contributed by atoms with Crippen molar-refractivity contribution in [1.82, 2.24) is 4.90 Å². The van der Waals surface area contributed by atoms with E-state index in [2.05, 4.69) is 26.0 Å². The van der Waals surface area contributed by atoms with E-state index in [4.69, 9.17) is 18.5 Å². The van der Waals surface area contributed by atoms with E-state index in [9.17, 15) is 19.0 Å². The summed E-state index contributed by atoms with van der Waals surface area (Å²) in [4.78, 5) is 36.9. The first-order valence-electron chi connectivity index (χ1n) is 21.0. The van der Waals surface area contributed by atoms with Crippen LogP contribution < -0.4 is 0 Å². The topological polar surface area (TPSA) is 112 Å². The third-order valence-electron chi connectivity index (χ3n) is 9.07. The van der Waals surface area contributed by atoms with Crippen molar-refractivity contribution in [2.24, 2.45) is 0 Å². The summed E-state index contributed by atoms with van der Waals surface area (Å²) < 4.78 is 33.4.